The van der Waals surface area contributed by atoms with E-state index in [2.05, 4.69) is 15.9 Å². The maximum Gasteiger partial charge on any atom is 0.285 e. The molecular formula is C14H18BrF2N. The van der Waals surface area contributed by atoms with Crippen molar-refractivity contribution in [2.45, 2.75) is 18.8 Å². The van der Waals surface area contributed by atoms with E-state index in [-0.39, 0.29) is 12.1 Å². The number of hydrogen-bond acceptors (Lipinski definition) is 1. The zero-order valence-electron chi connectivity index (χ0n) is 10.3. The number of benzene rings is 1. The molecular weight excluding hydrogens is 300 g/mol. The number of hydrogen-bond donors (Lipinski definition) is 0. The molecule has 0 bridgehead atoms. The minimum atomic E-state index is -2.75. The predicted octanol–water partition coefficient (Wildman–Crippen LogP) is 3.89. The quantitative estimate of drug-likeness (QED) is 0.762. The molecule has 1 aliphatic rings. The fourth-order valence-corrected chi connectivity index (χ4v) is 3.00. The molecule has 0 N–H and O–H groups in total. The summed E-state index contributed by atoms with van der Waals surface area (Å²) in [5, 5.41) is 0.903. The van der Waals surface area contributed by atoms with Crippen LogP contribution in [-0.2, 0) is 5.92 Å². The first kappa shape index (κ1) is 13.9. The molecule has 0 aromatic heterocycles. The molecule has 18 heavy (non-hydrogen) atoms. The number of rotatable bonds is 4. The van der Waals surface area contributed by atoms with Gasteiger partial charge in [0, 0.05) is 17.4 Å². The van der Waals surface area contributed by atoms with Gasteiger partial charge >= 0.3 is 0 Å². The summed E-state index contributed by atoms with van der Waals surface area (Å²) in [5.41, 5.74) is 0.117. The Hall–Kier alpha value is -0.480. The molecule has 0 aliphatic carbocycles. The largest absolute Gasteiger partial charge is 0.297 e. The van der Waals surface area contributed by atoms with Crippen molar-refractivity contribution in [2.24, 2.45) is 5.92 Å². The third-order valence-corrected chi connectivity index (χ3v) is 4.36. The van der Waals surface area contributed by atoms with Gasteiger partial charge in [0.2, 0.25) is 0 Å². The highest BCUT2D eigenvalue weighted by atomic mass is 79.9. The lowest BCUT2D eigenvalue weighted by Gasteiger charge is -2.34. The summed E-state index contributed by atoms with van der Waals surface area (Å²) in [4.78, 5) is 1.89. The lowest BCUT2D eigenvalue weighted by atomic mass is 9.99. The van der Waals surface area contributed by atoms with Crippen LogP contribution in [0.5, 0.6) is 0 Å². The maximum atomic E-state index is 14.1. The maximum absolute atomic E-state index is 14.1. The van der Waals surface area contributed by atoms with E-state index >= 15 is 0 Å². The molecule has 4 heteroatoms. The van der Waals surface area contributed by atoms with Gasteiger partial charge in [-0.25, -0.2) is 0 Å². The van der Waals surface area contributed by atoms with Crippen molar-refractivity contribution in [1.29, 1.82) is 0 Å². The van der Waals surface area contributed by atoms with Gasteiger partial charge < -0.3 is 0 Å². The molecule has 0 amide bonds. The number of halogens is 3. The first-order valence-corrected chi connectivity index (χ1v) is 7.45. The Labute approximate surface area is 115 Å². The Bertz CT molecular complexity index is 369. The number of likely N-dealkylation sites (tertiary alicyclic amines) is 1. The SMILES string of the molecule is FC(F)(CN1CCCC(CBr)C1)c1ccccc1. The average Bonchev–Trinajstić information content (AvgIpc) is 2.39. The van der Waals surface area contributed by atoms with E-state index in [1.165, 1.54) is 12.1 Å². The van der Waals surface area contributed by atoms with Crippen LogP contribution in [0.3, 0.4) is 0 Å². The van der Waals surface area contributed by atoms with E-state index in [4.69, 9.17) is 0 Å². The van der Waals surface area contributed by atoms with Gasteiger partial charge in [0.1, 0.15) is 0 Å². The minimum Gasteiger partial charge on any atom is -0.297 e. The lowest BCUT2D eigenvalue weighted by Crippen LogP contribution is -2.42. The van der Waals surface area contributed by atoms with Gasteiger partial charge in [0.05, 0.1) is 6.54 Å². The molecule has 0 spiro atoms. The van der Waals surface area contributed by atoms with Gasteiger partial charge in [-0.3, -0.25) is 4.90 Å². The number of alkyl halides is 3. The Kier molecular flexibility index (Phi) is 4.73. The van der Waals surface area contributed by atoms with Crippen LogP contribution < -0.4 is 0 Å². The second kappa shape index (κ2) is 6.11. The van der Waals surface area contributed by atoms with Gasteiger partial charge in [-0.15, -0.1) is 0 Å². The van der Waals surface area contributed by atoms with Crippen molar-refractivity contribution in [3.8, 4) is 0 Å². The third-order valence-electron chi connectivity index (χ3n) is 3.44. The molecule has 100 valence electrons. The first-order chi connectivity index (χ1) is 8.62. The summed E-state index contributed by atoms with van der Waals surface area (Å²) in [6.45, 7) is 1.39. The normalized spacial score (nSPS) is 22.1. The highest BCUT2D eigenvalue weighted by Gasteiger charge is 2.35. The van der Waals surface area contributed by atoms with E-state index in [9.17, 15) is 8.78 Å². The van der Waals surface area contributed by atoms with Crippen molar-refractivity contribution in [2.75, 3.05) is 25.0 Å². The zero-order valence-corrected chi connectivity index (χ0v) is 11.9. The molecule has 1 aromatic rings. The van der Waals surface area contributed by atoms with E-state index in [1.807, 2.05) is 4.90 Å². The summed E-state index contributed by atoms with van der Waals surface area (Å²) < 4.78 is 28.2. The molecule has 1 aromatic carbocycles. The molecule has 1 unspecified atom stereocenters. The van der Waals surface area contributed by atoms with Crippen LogP contribution in [0.25, 0.3) is 0 Å². The monoisotopic (exact) mass is 317 g/mol. The minimum absolute atomic E-state index is 0.117. The summed E-state index contributed by atoms with van der Waals surface area (Å²) >= 11 is 3.45. The van der Waals surface area contributed by atoms with Crippen LogP contribution in [0.1, 0.15) is 18.4 Å². The lowest BCUT2D eigenvalue weighted by molar-refractivity contribution is -0.0452. The van der Waals surface area contributed by atoms with E-state index in [0.717, 1.165) is 31.3 Å². The van der Waals surface area contributed by atoms with Crippen LogP contribution >= 0.6 is 15.9 Å². The predicted molar refractivity (Wildman–Crippen MR) is 73.3 cm³/mol. The van der Waals surface area contributed by atoms with Gasteiger partial charge in [-0.2, -0.15) is 8.78 Å². The standard InChI is InChI=1S/C14H18BrF2N/c15-9-12-5-4-8-18(10-12)11-14(16,17)13-6-2-1-3-7-13/h1-3,6-7,12H,4-5,8-11H2. The highest BCUT2D eigenvalue weighted by molar-refractivity contribution is 9.09. The van der Waals surface area contributed by atoms with Crippen LogP contribution in [-0.4, -0.2) is 29.9 Å². The van der Waals surface area contributed by atoms with E-state index in [0.29, 0.717) is 5.92 Å². The van der Waals surface area contributed by atoms with Crippen molar-refractivity contribution in [3.05, 3.63) is 35.9 Å². The molecule has 0 saturated carbocycles. The van der Waals surface area contributed by atoms with Crippen LogP contribution in [0.15, 0.2) is 30.3 Å². The fraction of sp³-hybridized carbons (Fsp3) is 0.571. The molecule has 1 aliphatic heterocycles. The topological polar surface area (TPSA) is 3.24 Å². The van der Waals surface area contributed by atoms with Gasteiger partial charge in [0.15, 0.2) is 0 Å². The van der Waals surface area contributed by atoms with Crippen molar-refractivity contribution in [1.82, 2.24) is 4.90 Å². The summed E-state index contributed by atoms with van der Waals surface area (Å²) in [7, 11) is 0. The van der Waals surface area contributed by atoms with Gasteiger partial charge in [-0.05, 0) is 25.3 Å². The smallest absolute Gasteiger partial charge is 0.285 e. The number of piperidine rings is 1. The molecule has 1 atom stereocenters. The first-order valence-electron chi connectivity index (χ1n) is 6.33. The zero-order chi connectivity index (χ0) is 13.0. The number of nitrogens with zero attached hydrogens (tertiary/aromatic N) is 1. The molecule has 1 nitrogen and oxygen atoms in total. The van der Waals surface area contributed by atoms with Crippen LogP contribution in [0.4, 0.5) is 8.78 Å². The Morgan fingerprint density at radius 1 is 1.28 bits per heavy atom. The second-order valence-corrected chi connectivity index (χ2v) is 5.62. The Balaban J connectivity index is 1.99. The molecule has 1 fully saturated rings. The summed E-state index contributed by atoms with van der Waals surface area (Å²) in [6.07, 6.45) is 2.15. The molecule has 2 rings (SSSR count). The summed E-state index contributed by atoms with van der Waals surface area (Å²) in [5.74, 6) is -2.25. The Morgan fingerprint density at radius 2 is 2.00 bits per heavy atom. The van der Waals surface area contributed by atoms with Gasteiger partial charge in [-0.1, -0.05) is 46.3 Å². The third kappa shape index (κ3) is 3.51. The Morgan fingerprint density at radius 3 is 2.67 bits per heavy atom. The second-order valence-electron chi connectivity index (χ2n) is 4.97. The van der Waals surface area contributed by atoms with Crippen molar-refractivity contribution in [3.63, 3.8) is 0 Å². The summed E-state index contributed by atoms with van der Waals surface area (Å²) in [6, 6.07) is 8.11. The highest BCUT2D eigenvalue weighted by Crippen LogP contribution is 2.30. The van der Waals surface area contributed by atoms with E-state index < -0.39 is 5.92 Å². The van der Waals surface area contributed by atoms with Gasteiger partial charge in [0.25, 0.3) is 5.92 Å². The van der Waals surface area contributed by atoms with E-state index in [1.54, 1.807) is 18.2 Å². The van der Waals surface area contributed by atoms with Crippen LogP contribution in [0.2, 0.25) is 0 Å². The molecule has 1 heterocycles. The fourth-order valence-electron chi connectivity index (χ4n) is 2.47. The van der Waals surface area contributed by atoms with Crippen molar-refractivity contribution >= 4 is 15.9 Å². The molecule has 1 saturated heterocycles. The van der Waals surface area contributed by atoms with Crippen LogP contribution in [0, 0.1) is 5.92 Å². The molecule has 0 radical (unpaired) electrons. The average molecular weight is 318 g/mol. The van der Waals surface area contributed by atoms with Crippen molar-refractivity contribution < 1.29 is 8.78 Å².